The molecule has 4 heteroatoms. The molecule has 3 atom stereocenters. The van der Waals surface area contributed by atoms with E-state index in [1.54, 1.807) is 6.26 Å². The predicted octanol–water partition coefficient (Wildman–Crippen LogP) is 2.67. The van der Waals surface area contributed by atoms with E-state index in [9.17, 15) is 5.11 Å². The van der Waals surface area contributed by atoms with Crippen molar-refractivity contribution >= 4 is 8.32 Å². The first-order valence-electron chi connectivity index (χ1n) is 5.83. The lowest BCUT2D eigenvalue weighted by Crippen LogP contribution is -2.49. The molecule has 3 nitrogen and oxygen atoms in total. The maximum Gasteiger partial charge on any atom is 0.193 e. The van der Waals surface area contributed by atoms with E-state index in [4.69, 9.17) is 9.16 Å². The molecule has 0 aliphatic carbocycles. The molecule has 0 saturated carbocycles. The first-order chi connectivity index (χ1) is 7.15. The highest BCUT2D eigenvalue weighted by atomic mass is 28.4. The van der Waals surface area contributed by atoms with Crippen LogP contribution in [0.1, 0.15) is 27.7 Å². The second-order valence-corrected chi connectivity index (χ2v) is 10.8. The van der Waals surface area contributed by atoms with Crippen molar-refractivity contribution in [2.75, 3.05) is 0 Å². The van der Waals surface area contributed by atoms with Crippen LogP contribution >= 0.6 is 0 Å². The van der Waals surface area contributed by atoms with Crippen LogP contribution in [0, 0.1) is 0 Å². The summed E-state index contributed by atoms with van der Waals surface area (Å²) in [6.07, 6.45) is 2.45. The molecule has 0 amide bonds. The van der Waals surface area contributed by atoms with E-state index in [0.29, 0.717) is 0 Å². The molecule has 0 spiro atoms. The fourth-order valence-corrected chi connectivity index (χ4v) is 2.59. The summed E-state index contributed by atoms with van der Waals surface area (Å²) in [5, 5.41) is 10.1. The third-order valence-electron chi connectivity index (χ3n) is 3.62. The Balaban J connectivity index is 2.74. The Morgan fingerprint density at radius 2 is 1.88 bits per heavy atom. The number of aliphatic hydroxyl groups excluding tert-OH is 1. The van der Waals surface area contributed by atoms with Gasteiger partial charge in [-0.2, -0.15) is 0 Å². The normalized spacial score (nSPS) is 31.3. The molecule has 0 saturated heterocycles. The van der Waals surface area contributed by atoms with Gasteiger partial charge in [-0.25, -0.2) is 0 Å². The summed E-state index contributed by atoms with van der Waals surface area (Å²) >= 11 is 0. The lowest BCUT2D eigenvalue weighted by atomic mass is 10.1. The van der Waals surface area contributed by atoms with E-state index in [0.717, 1.165) is 0 Å². The molecule has 1 rings (SSSR count). The molecule has 0 aromatic rings. The molecular formula is C12H24O3Si. The van der Waals surface area contributed by atoms with Gasteiger partial charge in [0.25, 0.3) is 0 Å². The molecule has 0 aromatic heterocycles. The van der Waals surface area contributed by atoms with Gasteiger partial charge in [0, 0.05) is 0 Å². The molecule has 0 radical (unpaired) electrons. The third kappa shape index (κ3) is 2.87. The van der Waals surface area contributed by atoms with Gasteiger partial charge in [0.15, 0.2) is 8.32 Å². The van der Waals surface area contributed by atoms with Gasteiger partial charge in [-0.1, -0.05) is 20.8 Å². The van der Waals surface area contributed by atoms with Crippen molar-refractivity contribution in [3.8, 4) is 0 Å². The Kier molecular flexibility index (Phi) is 3.87. The Morgan fingerprint density at radius 3 is 2.38 bits per heavy atom. The first-order valence-corrected chi connectivity index (χ1v) is 8.74. The highest BCUT2D eigenvalue weighted by Gasteiger charge is 2.41. The third-order valence-corrected chi connectivity index (χ3v) is 8.09. The molecule has 0 fully saturated rings. The number of rotatable bonds is 2. The van der Waals surface area contributed by atoms with Gasteiger partial charge >= 0.3 is 0 Å². The number of hydrogen-bond acceptors (Lipinski definition) is 3. The standard InChI is InChI=1S/C12H24O3Si/c1-9-11(13)10(7-8-14-9)15-16(5,6)12(2,3)4/h7-11,13H,1-6H3/t9-,10-,11+/m0/s1. The van der Waals surface area contributed by atoms with E-state index in [2.05, 4.69) is 33.9 Å². The van der Waals surface area contributed by atoms with Gasteiger partial charge in [-0.3, -0.25) is 0 Å². The van der Waals surface area contributed by atoms with Crippen molar-refractivity contribution < 1.29 is 14.3 Å². The van der Waals surface area contributed by atoms with Crippen LogP contribution < -0.4 is 0 Å². The first kappa shape index (κ1) is 13.7. The van der Waals surface area contributed by atoms with Gasteiger partial charge in [-0.05, 0) is 31.1 Å². The minimum atomic E-state index is -1.83. The van der Waals surface area contributed by atoms with Crippen molar-refractivity contribution in [2.24, 2.45) is 0 Å². The molecule has 1 aliphatic heterocycles. The summed E-state index contributed by atoms with van der Waals surface area (Å²) in [6, 6.07) is 0. The maximum absolute atomic E-state index is 9.99. The number of hydrogen-bond donors (Lipinski definition) is 1. The van der Waals surface area contributed by atoms with Gasteiger partial charge in [-0.15, -0.1) is 0 Å². The van der Waals surface area contributed by atoms with Gasteiger partial charge in [0.1, 0.15) is 12.2 Å². The van der Waals surface area contributed by atoms with Crippen molar-refractivity contribution in [3.63, 3.8) is 0 Å². The van der Waals surface area contributed by atoms with Gasteiger partial charge in [0.05, 0.1) is 12.4 Å². The Hall–Kier alpha value is -0.323. The topological polar surface area (TPSA) is 38.7 Å². The molecule has 0 bridgehead atoms. The van der Waals surface area contributed by atoms with Crippen LogP contribution in [0.5, 0.6) is 0 Å². The van der Waals surface area contributed by atoms with Crippen molar-refractivity contribution in [1.82, 2.24) is 0 Å². The highest BCUT2D eigenvalue weighted by molar-refractivity contribution is 6.74. The second-order valence-electron chi connectivity index (χ2n) is 6.00. The molecule has 16 heavy (non-hydrogen) atoms. The molecule has 1 aliphatic rings. The molecule has 94 valence electrons. The highest BCUT2D eigenvalue weighted by Crippen LogP contribution is 2.38. The molecule has 1 N–H and O–H groups in total. The minimum absolute atomic E-state index is 0.155. The van der Waals surface area contributed by atoms with Crippen LogP contribution in [-0.4, -0.2) is 31.7 Å². The van der Waals surface area contributed by atoms with Crippen molar-refractivity contribution in [3.05, 3.63) is 12.3 Å². The second kappa shape index (κ2) is 4.51. The lowest BCUT2D eigenvalue weighted by molar-refractivity contribution is -0.0497. The van der Waals surface area contributed by atoms with E-state index in [1.807, 2.05) is 13.0 Å². The predicted molar refractivity (Wildman–Crippen MR) is 67.8 cm³/mol. The fraction of sp³-hybridized carbons (Fsp3) is 0.833. The van der Waals surface area contributed by atoms with Gasteiger partial charge < -0.3 is 14.3 Å². The SMILES string of the molecule is C[C@@H]1OC=C[C@H](O[Si](C)(C)C(C)(C)C)[C@@H]1O. The maximum atomic E-state index is 9.99. The van der Waals surface area contributed by atoms with E-state index >= 15 is 0 Å². The summed E-state index contributed by atoms with van der Waals surface area (Å²) < 4.78 is 11.4. The Bertz CT molecular complexity index is 268. The zero-order valence-corrected chi connectivity index (χ0v) is 12.2. The van der Waals surface area contributed by atoms with Crippen LogP contribution in [0.3, 0.4) is 0 Å². The number of aliphatic hydroxyl groups is 1. The van der Waals surface area contributed by atoms with E-state index in [-0.39, 0.29) is 17.2 Å². The van der Waals surface area contributed by atoms with E-state index in [1.165, 1.54) is 0 Å². The van der Waals surface area contributed by atoms with E-state index < -0.39 is 14.4 Å². The molecular weight excluding hydrogens is 220 g/mol. The van der Waals surface area contributed by atoms with Gasteiger partial charge in [0.2, 0.25) is 0 Å². The summed E-state index contributed by atoms with van der Waals surface area (Å²) in [7, 11) is -1.83. The van der Waals surface area contributed by atoms with Crippen LogP contribution in [-0.2, 0) is 9.16 Å². The zero-order valence-electron chi connectivity index (χ0n) is 11.2. The zero-order chi connectivity index (χ0) is 12.6. The summed E-state index contributed by atoms with van der Waals surface area (Å²) in [6.45, 7) is 12.8. The average molecular weight is 244 g/mol. The van der Waals surface area contributed by atoms with Crippen LogP contribution in [0.2, 0.25) is 18.1 Å². The monoisotopic (exact) mass is 244 g/mol. The lowest BCUT2D eigenvalue weighted by Gasteiger charge is -2.41. The van der Waals surface area contributed by atoms with Crippen molar-refractivity contribution in [2.45, 2.75) is 64.1 Å². The largest absolute Gasteiger partial charge is 0.496 e. The average Bonchev–Trinajstić information content (AvgIpc) is 2.11. The summed E-state index contributed by atoms with van der Waals surface area (Å²) in [4.78, 5) is 0. The minimum Gasteiger partial charge on any atom is -0.496 e. The van der Waals surface area contributed by atoms with Crippen molar-refractivity contribution in [1.29, 1.82) is 0 Å². The molecule has 0 aromatic carbocycles. The number of ether oxygens (including phenoxy) is 1. The quantitative estimate of drug-likeness (QED) is 0.759. The molecule has 1 heterocycles. The summed E-state index contributed by atoms with van der Waals surface area (Å²) in [5.74, 6) is 0. The molecule has 0 unspecified atom stereocenters. The Labute approximate surface area is 99.6 Å². The smallest absolute Gasteiger partial charge is 0.193 e. The Morgan fingerprint density at radius 1 is 1.31 bits per heavy atom. The van der Waals surface area contributed by atoms with Crippen LogP contribution in [0.15, 0.2) is 12.3 Å². The fourth-order valence-electron chi connectivity index (χ4n) is 1.33. The van der Waals surface area contributed by atoms with Crippen LogP contribution in [0.25, 0.3) is 0 Å². The summed E-state index contributed by atoms with van der Waals surface area (Å²) in [5.41, 5.74) is 0. The van der Waals surface area contributed by atoms with Crippen LogP contribution in [0.4, 0.5) is 0 Å².